The number of nitrogen functional groups attached to an aromatic ring is 1. The molecule has 1 aliphatic rings. The molecule has 2 aromatic carbocycles. The Morgan fingerprint density at radius 1 is 1.09 bits per heavy atom. The molecule has 1 atom stereocenters. The van der Waals surface area contributed by atoms with Crippen molar-refractivity contribution in [3.05, 3.63) is 65.9 Å². The zero-order chi connectivity index (χ0) is 24.1. The highest BCUT2D eigenvalue weighted by Crippen LogP contribution is 2.40. The minimum atomic E-state index is -0.665. The summed E-state index contributed by atoms with van der Waals surface area (Å²) >= 11 is 0. The third-order valence-electron chi connectivity index (χ3n) is 5.77. The zero-order valence-corrected chi connectivity index (χ0v) is 20.0. The first kappa shape index (κ1) is 23.7. The van der Waals surface area contributed by atoms with Gasteiger partial charge in [-0.2, -0.15) is 0 Å². The Morgan fingerprint density at radius 3 is 2.56 bits per heavy atom. The minimum absolute atomic E-state index is 0.184. The molecule has 7 heteroatoms. The van der Waals surface area contributed by atoms with E-state index >= 15 is 0 Å². The van der Waals surface area contributed by atoms with E-state index in [9.17, 15) is 4.79 Å². The third kappa shape index (κ3) is 5.72. The fourth-order valence-corrected chi connectivity index (χ4v) is 3.88. The number of nitrogens with one attached hydrogen (secondary N) is 1. The number of carbonyl (C=O) groups is 1. The third-order valence-corrected chi connectivity index (χ3v) is 5.77. The van der Waals surface area contributed by atoms with Gasteiger partial charge in [-0.05, 0) is 63.9 Å². The average molecular weight is 461 g/mol. The number of hydrogen-bond acceptors (Lipinski definition) is 7. The quantitative estimate of drug-likeness (QED) is 0.405. The Hall–Kier alpha value is -3.45. The number of hydrogen-bond donors (Lipinski definition) is 2. The van der Waals surface area contributed by atoms with E-state index in [1.807, 2.05) is 69.3 Å². The SMILES string of the molecule is CC(C)(C)C(=O)Oc1cccc(OCc2ccccc2)c1-c1cc(C2CCCNC2)nc(N)n1. The van der Waals surface area contributed by atoms with Crippen molar-refractivity contribution in [2.24, 2.45) is 5.41 Å². The Balaban J connectivity index is 1.76. The summed E-state index contributed by atoms with van der Waals surface area (Å²) in [5.41, 5.74) is 8.56. The molecule has 1 saturated heterocycles. The van der Waals surface area contributed by atoms with Gasteiger partial charge in [0.25, 0.3) is 0 Å². The Kier molecular flexibility index (Phi) is 7.12. The molecule has 2 heterocycles. The summed E-state index contributed by atoms with van der Waals surface area (Å²) in [5.74, 6) is 1.04. The van der Waals surface area contributed by atoms with E-state index in [1.165, 1.54) is 0 Å². The van der Waals surface area contributed by atoms with E-state index in [0.717, 1.165) is 37.2 Å². The van der Waals surface area contributed by atoms with Crippen molar-refractivity contribution in [3.63, 3.8) is 0 Å². The van der Waals surface area contributed by atoms with Crippen LogP contribution in [0.5, 0.6) is 11.5 Å². The van der Waals surface area contributed by atoms with Crippen molar-refractivity contribution < 1.29 is 14.3 Å². The summed E-state index contributed by atoms with van der Waals surface area (Å²) in [6.45, 7) is 7.68. The second-order valence-corrected chi connectivity index (χ2v) is 9.62. The van der Waals surface area contributed by atoms with Gasteiger partial charge in [0, 0.05) is 12.5 Å². The average Bonchev–Trinajstić information content (AvgIpc) is 2.83. The van der Waals surface area contributed by atoms with E-state index < -0.39 is 5.41 Å². The largest absolute Gasteiger partial charge is 0.488 e. The summed E-state index contributed by atoms with van der Waals surface area (Å²) in [7, 11) is 0. The highest BCUT2D eigenvalue weighted by Gasteiger charge is 2.27. The molecule has 1 unspecified atom stereocenters. The van der Waals surface area contributed by atoms with Gasteiger partial charge in [0.15, 0.2) is 0 Å². The smallest absolute Gasteiger partial charge is 0.316 e. The van der Waals surface area contributed by atoms with Gasteiger partial charge in [-0.25, -0.2) is 9.97 Å². The highest BCUT2D eigenvalue weighted by atomic mass is 16.5. The van der Waals surface area contributed by atoms with Crippen molar-refractivity contribution in [1.29, 1.82) is 0 Å². The standard InChI is InChI=1S/C27H32N4O3/c1-27(2,3)25(32)34-23-13-7-12-22(33-17-18-9-5-4-6-10-18)24(23)21-15-20(30-26(28)31-21)19-11-8-14-29-16-19/h4-7,9-10,12-13,15,19,29H,8,11,14,16-17H2,1-3H3,(H2,28,30,31). The maximum atomic E-state index is 12.8. The predicted octanol–water partition coefficient (Wildman–Crippen LogP) is 4.72. The molecule has 1 aromatic heterocycles. The first-order chi connectivity index (χ1) is 16.3. The number of piperidine rings is 1. The number of nitrogens with zero attached hydrogens (tertiary/aromatic N) is 2. The predicted molar refractivity (Wildman–Crippen MR) is 133 cm³/mol. The lowest BCUT2D eigenvalue weighted by molar-refractivity contribution is -0.142. The zero-order valence-electron chi connectivity index (χ0n) is 20.0. The highest BCUT2D eigenvalue weighted by molar-refractivity contribution is 5.83. The van der Waals surface area contributed by atoms with Crippen LogP contribution in [0.15, 0.2) is 54.6 Å². The van der Waals surface area contributed by atoms with E-state index in [0.29, 0.717) is 29.4 Å². The van der Waals surface area contributed by atoms with Crippen molar-refractivity contribution in [3.8, 4) is 22.8 Å². The molecule has 7 nitrogen and oxygen atoms in total. The van der Waals surface area contributed by atoms with E-state index in [2.05, 4.69) is 15.3 Å². The second-order valence-electron chi connectivity index (χ2n) is 9.62. The molecule has 0 spiro atoms. The molecule has 3 N–H and O–H groups in total. The van der Waals surface area contributed by atoms with Gasteiger partial charge in [0.2, 0.25) is 5.95 Å². The van der Waals surface area contributed by atoms with Crippen LogP contribution >= 0.6 is 0 Å². The summed E-state index contributed by atoms with van der Waals surface area (Å²) in [5, 5.41) is 3.42. The van der Waals surface area contributed by atoms with Gasteiger partial charge < -0.3 is 20.5 Å². The molecule has 3 aromatic rings. The molecule has 0 radical (unpaired) electrons. The molecule has 0 aliphatic carbocycles. The van der Waals surface area contributed by atoms with E-state index in [4.69, 9.17) is 15.2 Å². The van der Waals surface area contributed by atoms with Crippen LogP contribution in [-0.2, 0) is 11.4 Å². The number of rotatable bonds is 6. The van der Waals surface area contributed by atoms with E-state index in [-0.39, 0.29) is 17.8 Å². The number of carbonyl (C=O) groups excluding carboxylic acids is 1. The maximum Gasteiger partial charge on any atom is 0.316 e. The van der Waals surface area contributed by atoms with Crippen LogP contribution < -0.4 is 20.5 Å². The monoisotopic (exact) mass is 460 g/mol. The molecule has 4 rings (SSSR count). The molecule has 0 saturated carbocycles. The van der Waals surface area contributed by atoms with Crippen LogP contribution in [-0.4, -0.2) is 29.0 Å². The number of esters is 1. The van der Waals surface area contributed by atoms with E-state index in [1.54, 1.807) is 6.07 Å². The fraction of sp³-hybridized carbons (Fsp3) is 0.370. The number of nitrogens with two attached hydrogens (primary N) is 1. The molecular weight excluding hydrogens is 428 g/mol. The van der Waals surface area contributed by atoms with Crippen LogP contribution in [0, 0.1) is 5.41 Å². The Morgan fingerprint density at radius 2 is 1.85 bits per heavy atom. The summed E-state index contributed by atoms with van der Waals surface area (Å²) in [6.07, 6.45) is 2.11. The van der Waals surface area contributed by atoms with Crippen LogP contribution in [0.2, 0.25) is 0 Å². The lowest BCUT2D eigenvalue weighted by atomic mass is 9.94. The van der Waals surface area contributed by atoms with Gasteiger partial charge in [-0.15, -0.1) is 0 Å². The van der Waals surface area contributed by atoms with Crippen molar-refractivity contribution in [2.75, 3.05) is 18.8 Å². The minimum Gasteiger partial charge on any atom is -0.488 e. The number of benzene rings is 2. The summed E-state index contributed by atoms with van der Waals surface area (Å²) in [6, 6.07) is 17.3. The lowest BCUT2D eigenvalue weighted by Crippen LogP contribution is -2.29. The molecule has 1 aliphatic heterocycles. The molecule has 34 heavy (non-hydrogen) atoms. The number of aromatic nitrogens is 2. The van der Waals surface area contributed by atoms with Crippen LogP contribution in [0.25, 0.3) is 11.3 Å². The van der Waals surface area contributed by atoms with Gasteiger partial charge in [0.05, 0.1) is 22.4 Å². The number of ether oxygens (including phenoxy) is 2. The van der Waals surface area contributed by atoms with Crippen LogP contribution in [0.4, 0.5) is 5.95 Å². The first-order valence-electron chi connectivity index (χ1n) is 11.7. The Labute approximate surface area is 200 Å². The maximum absolute atomic E-state index is 12.8. The molecule has 178 valence electrons. The second kappa shape index (κ2) is 10.2. The van der Waals surface area contributed by atoms with Crippen molar-refractivity contribution >= 4 is 11.9 Å². The fourth-order valence-electron chi connectivity index (χ4n) is 3.88. The van der Waals surface area contributed by atoms with Gasteiger partial charge in [0.1, 0.15) is 18.1 Å². The van der Waals surface area contributed by atoms with Gasteiger partial charge >= 0.3 is 5.97 Å². The van der Waals surface area contributed by atoms with Crippen molar-refractivity contribution in [2.45, 2.75) is 46.1 Å². The molecule has 0 amide bonds. The molecule has 0 bridgehead atoms. The molecule has 1 fully saturated rings. The molecular formula is C27H32N4O3. The van der Waals surface area contributed by atoms with Crippen molar-refractivity contribution in [1.82, 2.24) is 15.3 Å². The first-order valence-corrected chi connectivity index (χ1v) is 11.7. The normalized spacial score (nSPS) is 16.1. The van der Waals surface area contributed by atoms with Gasteiger partial charge in [-0.1, -0.05) is 36.4 Å². The lowest BCUT2D eigenvalue weighted by Gasteiger charge is -2.23. The van der Waals surface area contributed by atoms with Crippen LogP contribution in [0.1, 0.15) is 50.8 Å². The summed E-state index contributed by atoms with van der Waals surface area (Å²) < 4.78 is 12.1. The number of anilines is 1. The van der Waals surface area contributed by atoms with Gasteiger partial charge in [-0.3, -0.25) is 4.79 Å². The van der Waals surface area contributed by atoms with Crippen LogP contribution in [0.3, 0.4) is 0 Å². The topological polar surface area (TPSA) is 99.4 Å². The summed E-state index contributed by atoms with van der Waals surface area (Å²) in [4.78, 5) is 21.8. The Bertz CT molecular complexity index is 1140.